The number of fused-ring (bicyclic) bond motifs is 1. The fraction of sp³-hybridized carbons (Fsp3) is 0.263. The number of thiazole rings is 1. The van der Waals surface area contributed by atoms with Crippen LogP contribution in [0.15, 0.2) is 48.5 Å². The number of benzene rings is 2. The molecule has 3 N–H and O–H groups in total. The second kappa shape index (κ2) is 7.52. The molecule has 130 valence electrons. The van der Waals surface area contributed by atoms with E-state index in [0.717, 1.165) is 21.5 Å². The van der Waals surface area contributed by atoms with Crippen LogP contribution < -0.4 is 11.1 Å². The number of rotatable bonds is 5. The maximum atomic E-state index is 12.3. The molecule has 0 saturated heterocycles. The number of aromatic nitrogens is 1. The minimum Gasteiger partial charge on any atom is -0.326 e. The number of amides is 1. The Balaban J connectivity index is 0.00000182. The van der Waals surface area contributed by atoms with Gasteiger partial charge >= 0.3 is 0 Å². The van der Waals surface area contributed by atoms with E-state index in [1.807, 2.05) is 48.5 Å². The lowest BCUT2D eigenvalue weighted by atomic mass is 10.0. The van der Waals surface area contributed by atoms with E-state index in [9.17, 15) is 4.79 Å². The van der Waals surface area contributed by atoms with Gasteiger partial charge in [-0.05, 0) is 36.6 Å². The summed E-state index contributed by atoms with van der Waals surface area (Å²) >= 11 is 1.73. The van der Waals surface area contributed by atoms with Crippen molar-refractivity contribution in [2.24, 2.45) is 5.73 Å². The van der Waals surface area contributed by atoms with Crippen molar-refractivity contribution in [3.8, 4) is 0 Å². The lowest BCUT2D eigenvalue weighted by Gasteiger charge is -2.12. The summed E-state index contributed by atoms with van der Waals surface area (Å²) in [5.41, 5.74) is 8.91. The number of carbonyl (C=O) groups is 1. The molecule has 1 heterocycles. The van der Waals surface area contributed by atoms with Gasteiger partial charge in [-0.3, -0.25) is 4.79 Å². The molecule has 1 aliphatic carbocycles. The topological polar surface area (TPSA) is 68.0 Å². The largest absolute Gasteiger partial charge is 0.326 e. The third-order valence-corrected chi connectivity index (χ3v) is 5.43. The standard InChI is InChI=1S/C19H19N3OS.ClH/c20-15(12-4-2-1-3-5-12)11-18(23)21-14-8-9-16-17(10-14)24-19(22-16)13-6-7-13;/h1-5,8-10,13,15H,6-7,11,20H2,(H,21,23);1H. The second-order valence-electron chi connectivity index (χ2n) is 6.28. The van der Waals surface area contributed by atoms with E-state index in [1.54, 1.807) is 11.3 Å². The molecule has 1 amide bonds. The number of anilines is 1. The number of carbonyl (C=O) groups excluding carboxylic acids is 1. The maximum absolute atomic E-state index is 12.3. The summed E-state index contributed by atoms with van der Waals surface area (Å²) in [5.74, 6) is 0.585. The summed E-state index contributed by atoms with van der Waals surface area (Å²) in [6.45, 7) is 0. The molecular formula is C19H20ClN3OS. The Morgan fingerprint density at radius 2 is 2.00 bits per heavy atom. The van der Waals surface area contributed by atoms with E-state index in [1.165, 1.54) is 17.8 Å². The van der Waals surface area contributed by atoms with Crippen LogP contribution in [0.25, 0.3) is 10.2 Å². The van der Waals surface area contributed by atoms with Crippen LogP contribution in [0.2, 0.25) is 0 Å². The van der Waals surface area contributed by atoms with Gasteiger partial charge in [0.25, 0.3) is 0 Å². The molecule has 1 atom stereocenters. The van der Waals surface area contributed by atoms with Gasteiger partial charge in [0.05, 0.1) is 15.2 Å². The number of hydrogen-bond donors (Lipinski definition) is 2. The number of nitrogens with two attached hydrogens (primary N) is 1. The maximum Gasteiger partial charge on any atom is 0.226 e. The lowest BCUT2D eigenvalue weighted by molar-refractivity contribution is -0.116. The van der Waals surface area contributed by atoms with Crippen LogP contribution >= 0.6 is 23.7 Å². The Labute approximate surface area is 156 Å². The molecule has 0 bridgehead atoms. The number of halogens is 1. The van der Waals surface area contributed by atoms with Gasteiger partial charge in [0.2, 0.25) is 5.91 Å². The normalized spacial score (nSPS) is 14.8. The molecule has 1 aliphatic rings. The molecule has 0 aliphatic heterocycles. The summed E-state index contributed by atoms with van der Waals surface area (Å²) in [5, 5.41) is 4.17. The molecule has 4 nitrogen and oxygen atoms in total. The van der Waals surface area contributed by atoms with Crippen LogP contribution in [0.4, 0.5) is 5.69 Å². The first-order valence-corrected chi connectivity index (χ1v) is 9.01. The molecule has 1 aromatic heterocycles. The van der Waals surface area contributed by atoms with Crippen LogP contribution in [-0.4, -0.2) is 10.9 Å². The molecule has 25 heavy (non-hydrogen) atoms. The van der Waals surface area contributed by atoms with Crippen molar-refractivity contribution in [3.63, 3.8) is 0 Å². The van der Waals surface area contributed by atoms with Crippen LogP contribution in [0, 0.1) is 0 Å². The summed E-state index contributed by atoms with van der Waals surface area (Å²) in [6, 6.07) is 15.3. The predicted octanol–water partition coefficient (Wildman–Crippen LogP) is 4.62. The zero-order chi connectivity index (χ0) is 16.5. The number of nitrogens with zero attached hydrogens (tertiary/aromatic N) is 1. The molecule has 0 radical (unpaired) electrons. The second-order valence-corrected chi connectivity index (χ2v) is 7.34. The van der Waals surface area contributed by atoms with Crippen molar-refractivity contribution in [3.05, 3.63) is 59.1 Å². The van der Waals surface area contributed by atoms with Gasteiger partial charge in [0.15, 0.2) is 0 Å². The van der Waals surface area contributed by atoms with Crippen LogP contribution in [0.1, 0.15) is 41.8 Å². The van der Waals surface area contributed by atoms with Gasteiger partial charge < -0.3 is 11.1 Å². The summed E-state index contributed by atoms with van der Waals surface area (Å²) in [4.78, 5) is 16.9. The van der Waals surface area contributed by atoms with Crippen molar-refractivity contribution in [1.82, 2.24) is 4.98 Å². The lowest BCUT2D eigenvalue weighted by Crippen LogP contribution is -2.20. The van der Waals surface area contributed by atoms with Crippen molar-refractivity contribution in [2.45, 2.75) is 31.2 Å². The van der Waals surface area contributed by atoms with E-state index < -0.39 is 0 Å². The minimum absolute atomic E-state index is 0. The first-order chi connectivity index (χ1) is 11.7. The fourth-order valence-electron chi connectivity index (χ4n) is 2.75. The van der Waals surface area contributed by atoms with Gasteiger partial charge in [-0.1, -0.05) is 30.3 Å². The molecule has 4 rings (SSSR count). The number of nitrogens with one attached hydrogen (secondary N) is 1. The van der Waals surface area contributed by atoms with E-state index >= 15 is 0 Å². The van der Waals surface area contributed by atoms with E-state index in [4.69, 9.17) is 5.73 Å². The smallest absolute Gasteiger partial charge is 0.226 e. The molecule has 3 aromatic rings. The average Bonchev–Trinajstić information content (AvgIpc) is 3.35. The van der Waals surface area contributed by atoms with Gasteiger partial charge in [0, 0.05) is 24.1 Å². The first-order valence-electron chi connectivity index (χ1n) is 8.20. The SMILES string of the molecule is Cl.NC(CC(=O)Nc1ccc2nc(C3CC3)sc2c1)c1ccccc1. The molecule has 1 saturated carbocycles. The zero-order valence-corrected chi connectivity index (χ0v) is 15.3. The molecule has 2 aromatic carbocycles. The van der Waals surface area contributed by atoms with Gasteiger partial charge in [-0.2, -0.15) is 0 Å². The van der Waals surface area contributed by atoms with Crippen LogP contribution in [0.3, 0.4) is 0 Å². The Hall–Kier alpha value is -1.95. The average molecular weight is 374 g/mol. The highest BCUT2D eigenvalue weighted by molar-refractivity contribution is 7.18. The van der Waals surface area contributed by atoms with Crippen molar-refractivity contribution in [1.29, 1.82) is 0 Å². The first kappa shape index (κ1) is 17.9. The fourth-order valence-corrected chi connectivity index (χ4v) is 3.93. The van der Waals surface area contributed by atoms with Crippen molar-refractivity contribution >= 4 is 45.6 Å². The molecular weight excluding hydrogens is 354 g/mol. The quantitative estimate of drug-likeness (QED) is 0.685. The summed E-state index contributed by atoms with van der Waals surface area (Å²) < 4.78 is 1.13. The van der Waals surface area contributed by atoms with E-state index in [2.05, 4.69) is 10.3 Å². The molecule has 1 fully saturated rings. The van der Waals surface area contributed by atoms with E-state index in [-0.39, 0.29) is 30.8 Å². The zero-order valence-electron chi connectivity index (χ0n) is 13.6. The van der Waals surface area contributed by atoms with Crippen LogP contribution in [0.5, 0.6) is 0 Å². The van der Waals surface area contributed by atoms with Gasteiger partial charge in [0.1, 0.15) is 0 Å². The third kappa shape index (κ3) is 4.18. The third-order valence-electron chi connectivity index (χ3n) is 4.25. The minimum atomic E-state index is -0.292. The monoisotopic (exact) mass is 373 g/mol. The van der Waals surface area contributed by atoms with Crippen molar-refractivity contribution < 1.29 is 4.79 Å². The number of hydrogen-bond acceptors (Lipinski definition) is 4. The summed E-state index contributed by atoms with van der Waals surface area (Å²) in [6.07, 6.45) is 2.76. The molecule has 6 heteroatoms. The Morgan fingerprint density at radius 1 is 1.24 bits per heavy atom. The van der Waals surface area contributed by atoms with Crippen molar-refractivity contribution in [2.75, 3.05) is 5.32 Å². The van der Waals surface area contributed by atoms with Gasteiger partial charge in [-0.25, -0.2) is 4.98 Å². The van der Waals surface area contributed by atoms with Gasteiger partial charge in [-0.15, -0.1) is 23.7 Å². The Kier molecular flexibility index (Phi) is 5.37. The van der Waals surface area contributed by atoms with E-state index in [0.29, 0.717) is 5.92 Å². The molecule has 0 spiro atoms. The predicted molar refractivity (Wildman–Crippen MR) is 105 cm³/mol. The Bertz CT molecular complexity index is 877. The highest BCUT2D eigenvalue weighted by Gasteiger charge is 2.27. The Morgan fingerprint density at radius 3 is 2.72 bits per heavy atom. The highest BCUT2D eigenvalue weighted by Crippen LogP contribution is 2.43. The van der Waals surface area contributed by atoms with Crippen LogP contribution in [-0.2, 0) is 4.79 Å². The highest BCUT2D eigenvalue weighted by atomic mass is 35.5. The summed E-state index contributed by atoms with van der Waals surface area (Å²) in [7, 11) is 0. The molecule has 1 unspecified atom stereocenters.